The molecule has 0 heterocycles. The third kappa shape index (κ3) is 4.52. The number of hydrogen-bond acceptors (Lipinski definition) is 1. The molecule has 0 aliphatic heterocycles. The van der Waals surface area contributed by atoms with Crippen molar-refractivity contribution in [3.8, 4) is 11.1 Å². The summed E-state index contributed by atoms with van der Waals surface area (Å²) in [5, 5.41) is 2.95. The van der Waals surface area contributed by atoms with Gasteiger partial charge in [0.1, 0.15) is 5.82 Å². The van der Waals surface area contributed by atoms with Gasteiger partial charge < -0.3 is 5.32 Å². The third-order valence-electron chi connectivity index (χ3n) is 2.83. The van der Waals surface area contributed by atoms with Crippen LogP contribution >= 0.6 is 22.6 Å². The van der Waals surface area contributed by atoms with Crippen LogP contribution in [0.3, 0.4) is 0 Å². The average molecular weight is 397 g/mol. The molecule has 2 aromatic rings. The van der Waals surface area contributed by atoms with Gasteiger partial charge in [0.15, 0.2) is 0 Å². The zero-order valence-corrected chi connectivity index (χ0v) is 14.4. The summed E-state index contributed by atoms with van der Waals surface area (Å²) in [6, 6.07) is 11.9. The largest absolute Gasteiger partial charge is 0.347 e. The van der Waals surface area contributed by atoms with Crippen LogP contribution in [0.5, 0.6) is 0 Å². The highest BCUT2D eigenvalue weighted by atomic mass is 127. The second-order valence-corrected chi connectivity index (χ2v) is 7.19. The summed E-state index contributed by atoms with van der Waals surface area (Å²) in [5.41, 5.74) is 2.12. The van der Waals surface area contributed by atoms with E-state index in [-0.39, 0.29) is 17.3 Å². The third-order valence-corrected chi connectivity index (χ3v) is 3.45. The van der Waals surface area contributed by atoms with Crippen LogP contribution in [0.15, 0.2) is 42.5 Å². The van der Waals surface area contributed by atoms with Gasteiger partial charge in [0.2, 0.25) is 0 Å². The number of carbonyl (C=O) groups is 1. The highest BCUT2D eigenvalue weighted by molar-refractivity contribution is 14.1. The zero-order chi connectivity index (χ0) is 15.6. The van der Waals surface area contributed by atoms with Gasteiger partial charge in [-0.15, -0.1) is 0 Å². The molecule has 21 heavy (non-hydrogen) atoms. The van der Waals surface area contributed by atoms with Crippen LogP contribution in [-0.4, -0.2) is 11.4 Å². The highest BCUT2D eigenvalue weighted by Crippen LogP contribution is 2.24. The highest BCUT2D eigenvalue weighted by Gasteiger charge is 2.16. The van der Waals surface area contributed by atoms with Gasteiger partial charge in [-0.2, -0.15) is 0 Å². The molecule has 0 aliphatic carbocycles. The molecular formula is C17H17FINO. The summed E-state index contributed by atoms with van der Waals surface area (Å²) in [6.45, 7) is 5.83. The molecule has 1 N–H and O–H groups in total. The Balaban J connectivity index is 2.37. The molecule has 110 valence electrons. The second-order valence-electron chi connectivity index (χ2n) is 5.94. The molecule has 2 nitrogen and oxygen atoms in total. The number of nitrogens with one attached hydrogen (secondary N) is 1. The Morgan fingerprint density at radius 3 is 2.24 bits per heavy atom. The number of amides is 1. The van der Waals surface area contributed by atoms with Crippen molar-refractivity contribution in [1.82, 2.24) is 5.32 Å². The van der Waals surface area contributed by atoms with Crippen LogP contribution in [0.4, 0.5) is 4.39 Å². The standard InChI is InChI=1S/C17H17FINO/c1-17(2,3)20-16(21)13-8-12(9-15(19)10-13)11-4-6-14(18)7-5-11/h4-10H,1-3H3,(H,20,21). The lowest BCUT2D eigenvalue weighted by atomic mass is 10.0. The molecule has 2 rings (SSSR count). The minimum atomic E-state index is -0.283. The SMILES string of the molecule is CC(C)(C)NC(=O)c1cc(I)cc(-c2ccc(F)cc2)c1. The van der Waals surface area contributed by atoms with E-state index in [0.717, 1.165) is 14.7 Å². The van der Waals surface area contributed by atoms with Gasteiger partial charge in [0.25, 0.3) is 5.91 Å². The Kier molecular flexibility index (Phi) is 4.66. The van der Waals surface area contributed by atoms with E-state index >= 15 is 0 Å². The second kappa shape index (κ2) is 6.13. The first kappa shape index (κ1) is 15.9. The lowest BCUT2D eigenvalue weighted by molar-refractivity contribution is 0.0919. The van der Waals surface area contributed by atoms with Gasteiger partial charge in [0, 0.05) is 14.7 Å². The molecule has 0 saturated heterocycles. The fraction of sp³-hybridized carbons (Fsp3) is 0.235. The fourth-order valence-corrected chi connectivity index (χ4v) is 2.61. The number of hydrogen-bond donors (Lipinski definition) is 1. The minimum absolute atomic E-state index is 0.107. The monoisotopic (exact) mass is 397 g/mol. The number of rotatable bonds is 2. The molecule has 0 aliphatic rings. The van der Waals surface area contributed by atoms with Crippen LogP contribution in [0, 0.1) is 9.39 Å². The Hall–Kier alpha value is -1.43. The molecule has 2 aromatic carbocycles. The first-order chi connectivity index (χ1) is 9.74. The van der Waals surface area contributed by atoms with E-state index < -0.39 is 0 Å². The van der Waals surface area contributed by atoms with E-state index in [2.05, 4.69) is 27.9 Å². The normalized spacial score (nSPS) is 11.3. The fourth-order valence-electron chi connectivity index (χ4n) is 1.94. The van der Waals surface area contributed by atoms with Crippen molar-refractivity contribution in [2.45, 2.75) is 26.3 Å². The first-order valence-electron chi connectivity index (χ1n) is 6.64. The number of benzene rings is 2. The molecule has 0 fully saturated rings. The summed E-state index contributed by atoms with van der Waals surface area (Å²) < 4.78 is 14.0. The molecule has 0 bridgehead atoms. The minimum Gasteiger partial charge on any atom is -0.347 e. The van der Waals surface area contributed by atoms with Crippen molar-refractivity contribution in [2.75, 3.05) is 0 Å². The molecule has 1 amide bonds. The van der Waals surface area contributed by atoms with Crippen molar-refractivity contribution in [3.63, 3.8) is 0 Å². The van der Waals surface area contributed by atoms with Gasteiger partial charge >= 0.3 is 0 Å². The van der Waals surface area contributed by atoms with E-state index in [1.807, 2.05) is 39.0 Å². The maximum Gasteiger partial charge on any atom is 0.251 e. The molecule has 0 unspecified atom stereocenters. The molecule has 0 atom stereocenters. The van der Waals surface area contributed by atoms with E-state index in [1.54, 1.807) is 12.1 Å². The predicted octanol–water partition coefficient (Wildman–Crippen LogP) is 4.63. The van der Waals surface area contributed by atoms with Crippen LogP contribution in [-0.2, 0) is 0 Å². The van der Waals surface area contributed by atoms with Crippen LogP contribution < -0.4 is 5.32 Å². The quantitative estimate of drug-likeness (QED) is 0.736. The van der Waals surface area contributed by atoms with Crippen molar-refractivity contribution in [3.05, 3.63) is 57.4 Å². The van der Waals surface area contributed by atoms with Gasteiger partial charge in [-0.05, 0) is 84.8 Å². The Morgan fingerprint density at radius 2 is 1.67 bits per heavy atom. The molecule has 0 spiro atoms. The van der Waals surface area contributed by atoms with Crippen LogP contribution in [0.2, 0.25) is 0 Å². The summed E-state index contributed by atoms with van der Waals surface area (Å²) in [5.74, 6) is -0.376. The topological polar surface area (TPSA) is 29.1 Å². The molecule has 0 aromatic heterocycles. The first-order valence-corrected chi connectivity index (χ1v) is 7.71. The Morgan fingerprint density at radius 1 is 1.05 bits per heavy atom. The lowest BCUT2D eigenvalue weighted by Gasteiger charge is -2.20. The van der Waals surface area contributed by atoms with E-state index in [4.69, 9.17) is 0 Å². The van der Waals surface area contributed by atoms with E-state index in [9.17, 15) is 9.18 Å². The van der Waals surface area contributed by atoms with Crippen LogP contribution in [0.1, 0.15) is 31.1 Å². The maximum atomic E-state index is 13.0. The maximum absolute atomic E-state index is 13.0. The van der Waals surface area contributed by atoms with Gasteiger partial charge in [0.05, 0.1) is 0 Å². The molecule has 4 heteroatoms. The smallest absolute Gasteiger partial charge is 0.251 e. The molecular weight excluding hydrogens is 380 g/mol. The van der Waals surface area contributed by atoms with Crippen LogP contribution in [0.25, 0.3) is 11.1 Å². The van der Waals surface area contributed by atoms with Gasteiger partial charge in [-0.1, -0.05) is 12.1 Å². The van der Waals surface area contributed by atoms with E-state index in [0.29, 0.717) is 5.56 Å². The molecule has 0 radical (unpaired) electrons. The number of halogens is 2. The predicted molar refractivity (Wildman–Crippen MR) is 91.8 cm³/mol. The van der Waals surface area contributed by atoms with Crippen molar-refractivity contribution in [2.24, 2.45) is 0 Å². The summed E-state index contributed by atoms with van der Waals surface area (Å²) in [6.07, 6.45) is 0. The van der Waals surface area contributed by atoms with Crippen molar-refractivity contribution < 1.29 is 9.18 Å². The van der Waals surface area contributed by atoms with Gasteiger partial charge in [-0.3, -0.25) is 4.79 Å². The Bertz CT molecular complexity index is 659. The number of carbonyl (C=O) groups excluding carboxylic acids is 1. The molecule has 0 saturated carbocycles. The summed E-state index contributed by atoms with van der Waals surface area (Å²) in [4.78, 5) is 12.3. The summed E-state index contributed by atoms with van der Waals surface area (Å²) >= 11 is 2.18. The lowest BCUT2D eigenvalue weighted by Crippen LogP contribution is -2.40. The average Bonchev–Trinajstić information content (AvgIpc) is 2.36. The van der Waals surface area contributed by atoms with E-state index in [1.165, 1.54) is 12.1 Å². The Labute approximate surface area is 137 Å². The summed E-state index contributed by atoms with van der Waals surface area (Å²) in [7, 11) is 0. The van der Waals surface area contributed by atoms with Crippen molar-refractivity contribution in [1.29, 1.82) is 0 Å². The van der Waals surface area contributed by atoms with Crippen molar-refractivity contribution >= 4 is 28.5 Å². The zero-order valence-electron chi connectivity index (χ0n) is 12.2. The van der Waals surface area contributed by atoms with Gasteiger partial charge in [-0.25, -0.2) is 4.39 Å².